The normalized spacial score (nSPS) is 13.5. The van der Waals surface area contributed by atoms with Gasteiger partial charge in [0, 0.05) is 25.0 Å². The van der Waals surface area contributed by atoms with Crippen molar-refractivity contribution in [1.29, 1.82) is 0 Å². The first-order valence-corrected chi connectivity index (χ1v) is 12.3. The minimum Gasteiger partial charge on any atom is -0.484 e. The molecule has 3 aromatic rings. The van der Waals surface area contributed by atoms with E-state index in [9.17, 15) is 13.2 Å². The van der Waals surface area contributed by atoms with Gasteiger partial charge in [0.1, 0.15) is 5.75 Å². The zero-order valence-corrected chi connectivity index (χ0v) is 19.1. The predicted octanol–water partition coefficient (Wildman–Crippen LogP) is 3.85. The molecule has 1 aliphatic rings. The number of ether oxygens (including phenoxy) is 1. The molecule has 1 aliphatic heterocycles. The van der Waals surface area contributed by atoms with Crippen LogP contribution in [0, 0.1) is 6.92 Å². The average Bonchev–Trinajstić information content (AvgIpc) is 3.25. The summed E-state index contributed by atoms with van der Waals surface area (Å²) in [5.74, 6) is 0.464. The smallest absolute Gasteiger partial charge is 0.264 e. The molecule has 31 heavy (non-hydrogen) atoms. The molecular weight excluding hydrogens is 432 g/mol. The van der Waals surface area contributed by atoms with Crippen molar-refractivity contribution >= 4 is 33.0 Å². The minimum absolute atomic E-state index is 0.0453. The van der Waals surface area contributed by atoms with E-state index in [0.717, 1.165) is 12.0 Å². The molecule has 6 nitrogen and oxygen atoms in total. The largest absolute Gasteiger partial charge is 0.484 e. The van der Waals surface area contributed by atoms with E-state index in [1.165, 1.54) is 21.8 Å². The maximum Gasteiger partial charge on any atom is 0.264 e. The molecule has 0 N–H and O–H groups in total. The third kappa shape index (κ3) is 4.60. The third-order valence-electron chi connectivity index (χ3n) is 5.40. The fourth-order valence-electron chi connectivity index (χ4n) is 3.46. The Morgan fingerprint density at radius 3 is 2.52 bits per heavy atom. The fourth-order valence-corrected chi connectivity index (χ4v) is 5.54. The SMILES string of the molecule is Cc1ccc(S(=O)(=O)N(C)c2ccc(OCC(=O)N3CCc4sccc4C3)cc2)cc1. The third-order valence-corrected chi connectivity index (χ3v) is 8.23. The van der Waals surface area contributed by atoms with Crippen LogP contribution in [0.3, 0.4) is 0 Å². The van der Waals surface area contributed by atoms with Crippen LogP contribution in [-0.4, -0.2) is 39.4 Å². The van der Waals surface area contributed by atoms with Gasteiger partial charge in [-0.2, -0.15) is 0 Å². The van der Waals surface area contributed by atoms with Crippen molar-refractivity contribution in [3.63, 3.8) is 0 Å². The van der Waals surface area contributed by atoms with Gasteiger partial charge < -0.3 is 9.64 Å². The Balaban J connectivity index is 1.37. The number of nitrogens with zero attached hydrogens (tertiary/aromatic N) is 2. The topological polar surface area (TPSA) is 66.9 Å². The summed E-state index contributed by atoms with van der Waals surface area (Å²) in [6.45, 7) is 3.20. The Morgan fingerprint density at radius 1 is 1.10 bits per heavy atom. The lowest BCUT2D eigenvalue weighted by Gasteiger charge is -2.27. The molecular formula is C23H24N2O4S2. The van der Waals surface area contributed by atoms with Gasteiger partial charge in [0.25, 0.3) is 15.9 Å². The highest BCUT2D eigenvalue weighted by atomic mass is 32.2. The van der Waals surface area contributed by atoms with E-state index >= 15 is 0 Å². The van der Waals surface area contributed by atoms with Gasteiger partial charge in [0.05, 0.1) is 10.6 Å². The van der Waals surface area contributed by atoms with Crippen LogP contribution in [0.15, 0.2) is 64.9 Å². The number of hydrogen-bond acceptors (Lipinski definition) is 5. The lowest BCUT2D eigenvalue weighted by molar-refractivity contribution is -0.134. The van der Waals surface area contributed by atoms with Crippen molar-refractivity contribution in [3.8, 4) is 5.75 Å². The van der Waals surface area contributed by atoms with E-state index in [1.807, 2.05) is 11.8 Å². The van der Waals surface area contributed by atoms with E-state index in [4.69, 9.17) is 4.74 Å². The zero-order chi connectivity index (χ0) is 22.0. The molecule has 0 saturated heterocycles. The molecule has 0 saturated carbocycles. The zero-order valence-electron chi connectivity index (χ0n) is 17.4. The summed E-state index contributed by atoms with van der Waals surface area (Å²) >= 11 is 1.74. The number of anilines is 1. The van der Waals surface area contributed by atoms with Crippen LogP contribution < -0.4 is 9.04 Å². The second-order valence-corrected chi connectivity index (χ2v) is 10.5. The number of benzene rings is 2. The molecule has 1 aromatic heterocycles. The summed E-state index contributed by atoms with van der Waals surface area (Å²) in [6.07, 6.45) is 0.884. The van der Waals surface area contributed by atoms with Gasteiger partial charge in [-0.25, -0.2) is 8.42 Å². The Kier molecular flexibility index (Phi) is 6.02. The summed E-state index contributed by atoms with van der Waals surface area (Å²) in [5.41, 5.74) is 2.73. The monoisotopic (exact) mass is 456 g/mol. The van der Waals surface area contributed by atoms with E-state index < -0.39 is 10.0 Å². The number of rotatable bonds is 6. The molecule has 0 bridgehead atoms. The molecule has 2 aromatic carbocycles. The second-order valence-electron chi connectivity index (χ2n) is 7.50. The Labute approximate surface area is 186 Å². The molecule has 0 spiro atoms. The van der Waals surface area contributed by atoms with Crippen LogP contribution in [0.2, 0.25) is 0 Å². The number of carbonyl (C=O) groups excluding carboxylic acids is 1. The lowest BCUT2D eigenvalue weighted by Crippen LogP contribution is -2.38. The highest BCUT2D eigenvalue weighted by Crippen LogP contribution is 2.26. The molecule has 1 amide bonds. The molecule has 0 unspecified atom stereocenters. The standard InChI is InChI=1S/C23H24N2O4S2/c1-17-3-9-21(10-4-17)31(27,28)24(2)19-5-7-20(8-6-19)29-16-23(26)25-13-11-22-18(15-25)12-14-30-22/h3-10,12,14H,11,13,15-16H2,1-2H3. The number of fused-ring (bicyclic) bond motifs is 1. The maximum absolute atomic E-state index is 12.8. The number of hydrogen-bond donors (Lipinski definition) is 0. The van der Waals surface area contributed by atoms with Gasteiger partial charge in [0.15, 0.2) is 6.61 Å². The lowest BCUT2D eigenvalue weighted by atomic mass is 10.1. The van der Waals surface area contributed by atoms with Crippen LogP contribution in [0.4, 0.5) is 5.69 Å². The number of thiophene rings is 1. The molecule has 0 atom stereocenters. The van der Waals surface area contributed by atoms with Crippen molar-refractivity contribution in [1.82, 2.24) is 4.90 Å². The van der Waals surface area contributed by atoms with Gasteiger partial charge in [-0.15, -0.1) is 11.3 Å². The molecule has 0 aliphatic carbocycles. The number of carbonyl (C=O) groups is 1. The summed E-state index contributed by atoms with van der Waals surface area (Å²) in [6, 6.07) is 15.5. The van der Waals surface area contributed by atoms with Gasteiger partial charge in [-0.05, 0) is 66.8 Å². The van der Waals surface area contributed by atoms with Crippen molar-refractivity contribution in [3.05, 3.63) is 76.0 Å². The van der Waals surface area contributed by atoms with Crippen LogP contribution in [0.25, 0.3) is 0 Å². The van der Waals surface area contributed by atoms with Gasteiger partial charge in [0.2, 0.25) is 0 Å². The van der Waals surface area contributed by atoms with Crippen molar-refractivity contribution in [2.75, 3.05) is 24.5 Å². The van der Waals surface area contributed by atoms with Crippen LogP contribution in [0.1, 0.15) is 16.0 Å². The minimum atomic E-state index is -3.65. The van der Waals surface area contributed by atoms with E-state index in [2.05, 4.69) is 11.4 Å². The predicted molar refractivity (Wildman–Crippen MR) is 122 cm³/mol. The van der Waals surface area contributed by atoms with Gasteiger partial charge in [-0.3, -0.25) is 9.10 Å². The number of amides is 1. The van der Waals surface area contributed by atoms with E-state index in [0.29, 0.717) is 24.5 Å². The van der Waals surface area contributed by atoms with Gasteiger partial charge >= 0.3 is 0 Å². The quantitative estimate of drug-likeness (QED) is 0.565. The highest BCUT2D eigenvalue weighted by Gasteiger charge is 2.23. The number of sulfonamides is 1. The Hall–Kier alpha value is -2.84. The van der Waals surface area contributed by atoms with E-state index in [-0.39, 0.29) is 17.4 Å². The second kappa shape index (κ2) is 8.72. The molecule has 4 rings (SSSR count). The summed E-state index contributed by atoms with van der Waals surface area (Å²) < 4.78 is 32.6. The van der Waals surface area contributed by atoms with Crippen molar-refractivity contribution in [2.24, 2.45) is 0 Å². The maximum atomic E-state index is 12.8. The summed E-state index contributed by atoms with van der Waals surface area (Å²) in [4.78, 5) is 15.9. The summed E-state index contributed by atoms with van der Waals surface area (Å²) in [5, 5.41) is 2.06. The Bertz CT molecular complexity index is 1170. The van der Waals surface area contributed by atoms with Crippen LogP contribution >= 0.6 is 11.3 Å². The summed E-state index contributed by atoms with van der Waals surface area (Å²) in [7, 11) is -2.13. The average molecular weight is 457 g/mol. The molecule has 0 radical (unpaired) electrons. The van der Waals surface area contributed by atoms with Crippen LogP contribution in [0.5, 0.6) is 5.75 Å². The number of aryl methyl sites for hydroxylation is 1. The molecule has 162 valence electrons. The first kappa shape index (κ1) is 21.4. The van der Waals surface area contributed by atoms with Crippen LogP contribution in [-0.2, 0) is 27.8 Å². The molecule has 8 heteroatoms. The van der Waals surface area contributed by atoms with E-state index in [1.54, 1.807) is 59.9 Å². The first-order valence-electron chi connectivity index (χ1n) is 9.96. The van der Waals surface area contributed by atoms with Crippen molar-refractivity contribution in [2.45, 2.75) is 24.8 Å². The molecule has 0 fully saturated rings. The highest BCUT2D eigenvalue weighted by molar-refractivity contribution is 7.92. The molecule has 2 heterocycles. The fraction of sp³-hybridized carbons (Fsp3) is 0.261. The first-order chi connectivity index (χ1) is 14.8. The van der Waals surface area contributed by atoms with Gasteiger partial charge in [-0.1, -0.05) is 17.7 Å². The van der Waals surface area contributed by atoms with Crippen molar-refractivity contribution < 1.29 is 17.9 Å². The Morgan fingerprint density at radius 2 is 1.81 bits per heavy atom.